The van der Waals surface area contributed by atoms with Gasteiger partial charge in [-0.15, -0.1) is 0 Å². The van der Waals surface area contributed by atoms with Gasteiger partial charge in [0.1, 0.15) is 0 Å². The summed E-state index contributed by atoms with van der Waals surface area (Å²) in [6.07, 6.45) is 1.58. The number of nitriles is 1. The van der Waals surface area contributed by atoms with E-state index in [0.29, 0.717) is 17.7 Å². The van der Waals surface area contributed by atoms with E-state index in [1.165, 1.54) is 11.1 Å². The first kappa shape index (κ1) is 15.3. The number of methoxy groups -OCH3 is 1. The number of carbonyl (C=O) groups is 1. The molecule has 2 aromatic carbocycles. The minimum atomic E-state index is -0.397. The molecule has 0 atom stereocenters. The fourth-order valence-corrected chi connectivity index (χ4v) is 3.07. The molecule has 0 saturated carbocycles. The van der Waals surface area contributed by atoms with Crippen LogP contribution >= 0.6 is 0 Å². The minimum absolute atomic E-state index is 0.186. The van der Waals surface area contributed by atoms with Gasteiger partial charge in [-0.05, 0) is 29.3 Å². The molecule has 0 saturated heterocycles. The van der Waals surface area contributed by atoms with Crippen molar-refractivity contribution in [3.8, 4) is 6.07 Å². The summed E-state index contributed by atoms with van der Waals surface area (Å²) >= 11 is 0. The largest absolute Gasteiger partial charge is 0.376 e. The monoisotopic (exact) mass is 306 g/mol. The number of rotatable bonds is 4. The molecular formula is C19H18N2O2. The average Bonchev–Trinajstić information content (AvgIpc) is 2.99. The zero-order valence-electron chi connectivity index (χ0n) is 13.0. The van der Waals surface area contributed by atoms with E-state index in [0.717, 1.165) is 12.8 Å². The fraction of sp³-hybridized carbons (Fsp3) is 0.263. The Morgan fingerprint density at radius 2 is 1.91 bits per heavy atom. The van der Waals surface area contributed by atoms with Crippen LogP contribution in [0.3, 0.4) is 0 Å². The Bertz CT molecular complexity index is 752. The van der Waals surface area contributed by atoms with E-state index in [4.69, 9.17) is 10.00 Å². The van der Waals surface area contributed by atoms with Crippen molar-refractivity contribution in [1.29, 1.82) is 5.26 Å². The highest BCUT2D eigenvalue weighted by Crippen LogP contribution is 2.32. The van der Waals surface area contributed by atoms with Crippen LogP contribution in [0.2, 0.25) is 0 Å². The second kappa shape index (κ2) is 6.23. The number of fused-ring (bicyclic) bond motifs is 1. The standard InChI is InChI=1S/C19H18N2O2/c1-23-19(10-16-6-2-3-7-17(16)11-19)13-21-18(22)15-8-4-5-14(9-15)12-20/h2-9H,10-11,13H2,1H3,(H,21,22). The fourth-order valence-electron chi connectivity index (χ4n) is 3.07. The number of carbonyl (C=O) groups excluding carboxylic acids is 1. The van der Waals surface area contributed by atoms with Crippen molar-refractivity contribution < 1.29 is 9.53 Å². The maximum Gasteiger partial charge on any atom is 0.251 e. The Morgan fingerprint density at radius 3 is 2.52 bits per heavy atom. The first-order chi connectivity index (χ1) is 11.2. The molecule has 116 valence electrons. The summed E-state index contributed by atoms with van der Waals surface area (Å²) in [6, 6.07) is 17.0. The van der Waals surface area contributed by atoms with E-state index < -0.39 is 5.60 Å². The van der Waals surface area contributed by atoms with E-state index in [1.807, 2.05) is 18.2 Å². The van der Waals surface area contributed by atoms with Gasteiger partial charge in [0.2, 0.25) is 0 Å². The van der Waals surface area contributed by atoms with Gasteiger partial charge in [-0.25, -0.2) is 0 Å². The Balaban J connectivity index is 1.70. The van der Waals surface area contributed by atoms with Crippen molar-refractivity contribution in [2.24, 2.45) is 0 Å². The third-order valence-electron chi connectivity index (χ3n) is 4.40. The van der Waals surface area contributed by atoms with E-state index in [2.05, 4.69) is 17.4 Å². The van der Waals surface area contributed by atoms with Gasteiger partial charge in [-0.1, -0.05) is 30.3 Å². The first-order valence-corrected chi connectivity index (χ1v) is 7.56. The minimum Gasteiger partial charge on any atom is -0.376 e. The smallest absolute Gasteiger partial charge is 0.251 e. The van der Waals surface area contributed by atoms with Gasteiger partial charge < -0.3 is 10.1 Å². The quantitative estimate of drug-likeness (QED) is 0.944. The summed E-state index contributed by atoms with van der Waals surface area (Å²) in [7, 11) is 1.69. The average molecular weight is 306 g/mol. The number of benzene rings is 2. The van der Waals surface area contributed by atoms with Crippen LogP contribution in [0.5, 0.6) is 0 Å². The SMILES string of the molecule is COC1(CNC(=O)c2cccc(C#N)c2)Cc2ccccc2C1. The number of nitrogens with one attached hydrogen (secondary N) is 1. The maximum absolute atomic E-state index is 12.3. The Hall–Kier alpha value is -2.64. The number of ether oxygens (including phenoxy) is 1. The van der Waals surface area contributed by atoms with Crippen molar-refractivity contribution in [3.05, 3.63) is 70.8 Å². The lowest BCUT2D eigenvalue weighted by Crippen LogP contribution is -2.45. The van der Waals surface area contributed by atoms with Crippen LogP contribution in [0.25, 0.3) is 0 Å². The normalized spacial score (nSPS) is 14.8. The molecule has 1 aliphatic rings. The molecule has 1 N–H and O–H groups in total. The summed E-state index contributed by atoms with van der Waals surface area (Å²) in [5.74, 6) is -0.186. The molecule has 1 aliphatic carbocycles. The number of nitrogens with zero attached hydrogens (tertiary/aromatic N) is 1. The van der Waals surface area contributed by atoms with Crippen molar-refractivity contribution in [3.63, 3.8) is 0 Å². The third kappa shape index (κ3) is 3.10. The summed E-state index contributed by atoms with van der Waals surface area (Å²) in [6.45, 7) is 0.438. The molecule has 23 heavy (non-hydrogen) atoms. The molecule has 3 rings (SSSR count). The van der Waals surface area contributed by atoms with Crippen LogP contribution in [0.4, 0.5) is 0 Å². The summed E-state index contributed by atoms with van der Waals surface area (Å²) in [5.41, 5.74) is 3.12. The molecule has 0 radical (unpaired) electrons. The summed E-state index contributed by atoms with van der Waals surface area (Å²) in [5, 5.41) is 11.9. The summed E-state index contributed by atoms with van der Waals surface area (Å²) in [4.78, 5) is 12.3. The summed E-state index contributed by atoms with van der Waals surface area (Å²) < 4.78 is 5.75. The zero-order valence-corrected chi connectivity index (χ0v) is 13.0. The van der Waals surface area contributed by atoms with Crippen LogP contribution in [-0.2, 0) is 17.6 Å². The van der Waals surface area contributed by atoms with E-state index in [9.17, 15) is 4.79 Å². The molecule has 4 heteroatoms. The molecule has 0 heterocycles. The van der Waals surface area contributed by atoms with Gasteiger partial charge in [-0.3, -0.25) is 4.79 Å². The van der Waals surface area contributed by atoms with Crippen molar-refractivity contribution in [2.45, 2.75) is 18.4 Å². The lowest BCUT2D eigenvalue weighted by Gasteiger charge is -2.27. The van der Waals surface area contributed by atoms with E-state index >= 15 is 0 Å². The van der Waals surface area contributed by atoms with Crippen molar-refractivity contribution in [2.75, 3.05) is 13.7 Å². The van der Waals surface area contributed by atoms with Gasteiger partial charge >= 0.3 is 0 Å². The lowest BCUT2D eigenvalue weighted by atomic mass is 10.00. The maximum atomic E-state index is 12.3. The Labute approximate surface area is 135 Å². The third-order valence-corrected chi connectivity index (χ3v) is 4.40. The van der Waals surface area contributed by atoms with E-state index in [-0.39, 0.29) is 5.91 Å². The molecule has 0 unspecified atom stereocenters. The van der Waals surface area contributed by atoms with Crippen LogP contribution in [0, 0.1) is 11.3 Å². The van der Waals surface area contributed by atoms with Crippen molar-refractivity contribution >= 4 is 5.91 Å². The van der Waals surface area contributed by atoms with Gasteiger partial charge in [0.15, 0.2) is 0 Å². The number of amides is 1. The first-order valence-electron chi connectivity index (χ1n) is 7.56. The van der Waals surface area contributed by atoms with Gasteiger partial charge in [-0.2, -0.15) is 5.26 Å². The topological polar surface area (TPSA) is 62.1 Å². The number of hydrogen-bond acceptors (Lipinski definition) is 3. The lowest BCUT2D eigenvalue weighted by molar-refractivity contribution is 0.000177. The highest BCUT2D eigenvalue weighted by Gasteiger charge is 2.37. The molecule has 1 amide bonds. The molecule has 0 fully saturated rings. The van der Waals surface area contributed by atoms with E-state index in [1.54, 1.807) is 31.4 Å². The van der Waals surface area contributed by atoms with Gasteiger partial charge in [0.25, 0.3) is 5.91 Å². The van der Waals surface area contributed by atoms with Crippen LogP contribution in [0.15, 0.2) is 48.5 Å². The molecule has 0 aromatic heterocycles. The number of hydrogen-bond donors (Lipinski definition) is 1. The van der Waals surface area contributed by atoms with Gasteiger partial charge in [0, 0.05) is 32.1 Å². The zero-order chi connectivity index (χ0) is 16.3. The molecule has 0 bridgehead atoms. The second-order valence-corrected chi connectivity index (χ2v) is 5.88. The highest BCUT2D eigenvalue weighted by atomic mass is 16.5. The Morgan fingerprint density at radius 1 is 1.22 bits per heavy atom. The molecule has 2 aromatic rings. The predicted octanol–water partition coefficient (Wildman–Crippen LogP) is 2.47. The van der Waals surface area contributed by atoms with Crippen LogP contribution in [-0.4, -0.2) is 25.2 Å². The van der Waals surface area contributed by atoms with Crippen LogP contribution in [0.1, 0.15) is 27.0 Å². The second-order valence-electron chi connectivity index (χ2n) is 5.88. The molecular weight excluding hydrogens is 288 g/mol. The highest BCUT2D eigenvalue weighted by molar-refractivity contribution is 5.94. The van der Waals surface area contributed by atoms with Crippen LogP contribution < -0.4 is 5.32 Å². The van der Waals surface area contributed by atoms with Gasteiger partial charge in [0.05, 0.1) is 17.2 Å². The van der Waals surface area contributed by atoms with Crippen molar-refractivity contribution in [1.82, 2.24) is 5.32 Å². The Kier molecular flexibility index (Phi) is 4.14. The molecule has 4 nitrogen and oxygen atoms in total. The predicted molar refractivity (Wildman–Crippen MR) is 87.1 cm³/mol. The molecule has 0 aliphatic heterocycles. The molecule has 0 spiro atoms.